The molecule has 0 bridgehead atoms. The minimum Gasteiger partial charge on any atom is -0.322 e. The van der Waals surface area contributed by atoms with Gasteiger partial charge in [-0.05, 0) is 30.9 Å². The van der Waals surface area contributed by atoms with E-state index in [1.165, 1.54) is 30.5 Å². The Morgan fingerprint density at radius 3 is 2.86 bits per heavy atom. The second-order valence-corrected chi connectivity index (χ2v) is 4.04. The minimum atomic E-state index is 0.588. The van der Waals surface area contributed by atoms with E-state index in [1.54, 1.807) is 0 Å². The molecule has 0 radical (unpaired) electrons. The fourth-order valence-electron chi connectivity index (χ4n) is 1.98. The van der Waals surface area contributed by atoms with Gasteiger partial charge in [0.05, 0.1) is 0 Å². The number of nitrogens with one attached hydrogen (secondary N) is 1. The molecule has 1 aromatic rings. The van der Waals surface area contributed by atoms with Crippen LogP contribution in [0, 0.1) is 0 Å². The number of benzene rings is 1. The predicted molar refractivity (Wildman–Crippen MR) is 64.7 cm³/mol. The molecule has 1 aliphatic rings. The zero-order chi connectivity index (χ0) is 9.80. The summed E-state index contributed by atoms with van der Waals surface area (Å²) in [5.41, 5.74) is 2.57. The average Bonchev–Trinajstić information content (AvgIpc) is 2.30. The number of hydrogen-bond donors (Lipinski definition) is 1. The average molecular weight is 252 g/mol. The van der Waals surface area contributed by atoms with Crippen LogP contribution in [0.15, 0.2) is 36.4 Å². The summed E-state index contributed by atoms with van der Waals surface area (Å²) in [4.78, 5) is 0. The molecule has 1 atom stereocenters. The maximum absolute atomic E-state index is 3.30. The van der Waals surface area contributed by atoms with Crippen LogP contribution in [0.4, 0.5) is 5.69 Å². The first kappa shape index (κ1) is 9.78. The Hall–Kier alpha value is -0.760. The summed E-state index contributed by atoms with van der Waals surface area (Å²) in [7, 11) is 0. The van der Waals surface area contributed by atoms with Crippen LogP contribution in [0.5, 0.6) is 0 Å². The number of para-hydroxylation sites is 1. The van der Waals surface area contributed by atoms with Gasteiger partial charge in [-0.3, -0.25) is 0 Å². The first-order valence-corrected chi connectivity index (χ1v) is 5.83. The summed E-state index contributed by atoms with van der Waals surface area (Å²) in [5.74, 6) is 0.588. The lowest BCUT2D eigenvalue weighted by Gasteiger charge is -2.19. The molecule has 0 spiro atoms. The standard InChI is InChI=1S/C12H14BrN/c13-14-12-9-5-4-8-11(12)10-6-2-1-3-7-10/h2,4-6,8-10,14H,1,3,7H2. The Labute approximate surface area is 93.6 Å². The number of anilines is 1. The molecule has 1 aromatic carbocycles. The molecule has 0 fully saturated rings. The molecule has 14 heavy (non-hydrogen) atoms. The molecule has 1 aliphatic carbocycles. The van der Waals surface area contributed by atoms with Crippen molar-refractivity contribution >= 4 is 21.8 Å². The Balaban J connectivity index is 2.29. The van der Waals surface area contributed by atoms with Crippen LogP contribution in [0.3, 0.4) is 0 Å². The molecule has 0 saturated carbocycles. The Morgan fingerprint density at radius 1 is 1.29 bits per heavy atom. The lowest BCUT2D eigenvalue weighted by Crippen LogP contribution is -2.01. The van der Waals surface area contributed by atoms with E-state index in [9.17, 15) is 0 Å². The van der Waals surface area contributed by atoms with Crippen molar-refractivity contribution in [2.24, 2.45) is 0 Å². The van der Waals surface area contributed by atoms with Crippen LogP contribution in [-0.4, -0.2) is 0 Å². The molecule has 1 unspecified atom stereocenters. The van der Waals surface area contributed by atoms with Crippen LogP contribution in [0.1, 0.15) is 30.7 Å². The van der Waals surface area contributed by atoms with Gasteiger partial charge in [0.25, 0.3) is 0 Å². The molecular formula is C12H14BrN. The van der Waals surface area contributed by atoms with E-state index in [0.717, 1.165) is 0 Å². The van der Waals surface area contributed by atoms with Gasteiger partial charge in [-0.15, -0.1) is 0 Å². The molecule has 1 nitrogen and oxygen atoms in total. The zero-order valence-electron chi connectivity index (χ0n) is 8.04. The van der Waals surface area contributed by atoms with Gasteiger partial charge >= 0.3 is 0 Å². The summed E-state index contributed by atoms with van der Waals surface area (Å²) >= 11 is 3.30. The van der Waals surface area contributed by atoms with Crippen molar-refractivity contribution in [2.75, 3.05) is 4.34 Å². The van der Waals surface area contributed by atoms with Crippen LogP contribution >= 0.6 is 16.1 Å². The van der Waals surface area contributed by atoms with Gasteiger partial charge in [-0.2, -0.15) is 0 Å². The molecule has 0 aromatic heterocycles. The molecule has 0 amide bonds. The van der Waals surface area contributed by atoms with Crippen molar-refractivity contribution in [3.63, 3.8) is 0 Å². The monoisotopic (exact) mass is 251 g/mol. The summed E-state index contributed by atoms with van der Waals surface area (Å²) in [6, 6.07) is 8.46. The van der Waals surface area contributed by atoms with E-state index in [-0.39, 0.29) is 0 Å². The predicted octanol–water partition coefficient (Wildman–Crippen LogP) is 4.23. The van der Waals surface area contributed by atoms with Crippen LogP contribution in [0.25, 0.3) is 0 Å². The van der Waals surface area contributed by atoms with Gasteiger partial charge in [0.15, 0.2) is 0 Å². The number of halogens is 1. The normalized spacial score (nSPS) is 20.8. The summed E-state index contributed by atoms with van der Waals surface area (Å²) in [5, 5.41) is 0. The maximum Gasteiger partial charge on any atom is 0.0479 e. The zero-order valence-corrected chi connectivity index (χ0v) is 9.63. The van der Waals surface area contributed by atoms with Crippen molar-refractivity contribution in [3.05, 3.63) is 42.0 Å². The van der Waals surface area contributed by atoms with E-state index in [2.05, 4.69) is 56.9 Å². The van der Waals surface area contributed by atoms with Crippen LogP contribution < -0.4 is 4.34 Å². The van der Waals surface area contributed by atoms with E-state index in [1.807, 2.05) is 0 Å². The van der Waals surface area contributed by atoms with Crippen molar-refractivity contribution < 1.29 is 0 Å². The van der Waals surface area contributed by atoms with Gasteiger partial charge in [0, 0.05) is 27.8 Å². The van der Waals surface area contributed by atoms with E-state index >= 15 is 0 Å². The smallest absolute Gasteiger partial charge is 0.0479 e. The highest BCUT2D eigenvalue weighted by Crippen LogP contribution is 2.32. The molecule has 1 N–H and O–H groups in total. The Bertz CT molecular complexity index is 333. The molecular weight excluding hydrogens is 238 g/mol. The number of hydrogen-bond acceptors (Lipinski definition) is 1. The second-order valence-electron chi connectivity index (χ2n) is 3.65. The van der Waals surface area contributed by atoms with Crippen LogP contribution in [0.2, 0.25) is 0 Å². The highest BCUT2D eigenvalue weighted by molar-refractivity contribution is 9.10. The third-order valence-electron chi connectivity index (χ3n) is 2.72. The lowest BCUT2D eigenvalue weighted by atomic mass is 9.88. The Kier molecular flexibility index (Phi) is 3.25. The SMILES string of the molecule is BrNc1ccccc1C1C=CCCC1. The molecule has 0 heterocycles. The van der Waals surface area contributed by atoms with E-state index in [0.29, 0.717) is 5.92 Å². The van der Waals surface area contributed by atoms with Crippen molar-refractivity contribution in [1.82, 2.24) is 0 Å². The first-order chi connectivity index (χ1) is 6.92. The van der Waals surface area contributed by atoms with Gasteiger partial charge < -0.3 is 4.34 Å². The quantitative estimate of drug-likeness (QED) is 0.613. The van der Waals surface area contributed by atoms with Gasteiger partial charge in [0.1, 0.15) is 0 Å². The highest BCUT2D eigenvalue weighted by atomic mass is 79.9. The van der Waals surface area contributed by atoms with Gasteiger partial charge in [-0.25, -0.2) is 0 Å². The third-order valence-corrected chi connectivity index (χ3v) is 3.14. The number of allylic oxidation sites excluding steroid dienone is 2. The number of rotatable bonds is 2. The molecule has 0 saturated heterocycles. The van der Waals surface area contributed by atoms with Crippen molar-refractivity contribution in [2.45, 2.75) is 25.2 Å². The fourth-order valence-corrected chi connectivity index (χ4v) is 2.34. The minimum absolute atomic E-state index is 0.588. The van der Waals surface area contributed by atoms with Gasteiger partial charge in [0.2, 0.25) is 0 Å². The largest absolute Gasteiger partial charge is 0.322 e. The summed E-state index contributed by atoms with van der Waals surface area (Å²) in [6.07, 6.45) is 8.42. The van der Waals surface area contributed by atoms with E-state index < -0.39 is 0 Å². The molecule has 2 rings (SSSR count). The highest BCUT2D eigenvalue weighted by Gasteiger charge is 2.13. The van der Waals surface area contributed by atoms with Crippen molar-refractivity contribution in [1.29, 1.82) is 0 Å². The second kappa shape index (κ2) is 4.65. The molecule has 74 valence electrons. The lowest BCUT2D eigenvalue weighted by molar-refractivity contribution is 0.656. The molecule has 0 aliphatic heterocycles. The summed E-state index contributed by atoms with van der Waals surface area (Å²) < 4.78 is 3.07. The Morgan fingerprint density at radius 2 is 2.14 bits per heavy atom. The third kappa shape index (κ3) is 2.01. The maximum atomic E-state index is 3.30. The molecule has 2 heteroatoms. The fraction of sp³-hybridized carbons (Fsp3) is 0.333. The first-order valence-electron chi connectivity index (χ1n) is 5.04. The van der Waals surface area contributed by atoms with Crippen molar-refractivity contribution in [3.8, 4) is 0 Å². The van der Waals surface area contributed by atoms with Gasteiger partial charge in [-0.1, -0.05) is 30.4 Å². The topological polar surface area (TPSA) is 12.0 Å². The van der Waals surface area contributed by atoms with Crippen LogP contribution in [-0.2, 0) is 0 Å². The van der Waals surface area contributed by atoms with E-state index in [4.69, 9.17) is 0 Å². The summed E-state index contributed by atoms with van der Waals surface area (Å²) in [6.45, 7) is 0.